The third-order valence-electron chi connectivity index (χ3n) is 3.15. The molecule has 1 aliphatic heterocycles. The Morgan fingerprint density at radius 1 is 1.37 bits per heavy atom. The highest BCUT2D eigenvalue weighted by Gasteiger charge is 2.39. The van der Waals surface area contributed by atoms with Gasteiger partial charge in [0.1, 0.15) is 0 Å². The SMILES string of the molecule is CC(C)=CCC[C@H](COC1CCCCO1)C(F)(F)F. The summed E-state index contributed by atoms with van der Waals surface area (Å²) in [5.74, 6) is -1.41. The van der Waals surface area contributed by atoms with E-state index in [9.17, 15) is 13.2 Å². The summed E-state index contributed by atoms with van der Waals surface area (Å²) in [4.78, 5) is 0. The largest absolute Gasteiger partial charge is 0.394 e. The first-order chi connectivity index (χ1) is 8.89. The lowest BCUT2D eigenvalue weighted by Crippen LogP contribution is -2.31. The molecule has 0 radical (unpaired) electrons. The fraction of sp³-hybridized carbons (Fsp3) is 0.857. The number of halogens is 3. The molecule has 2 nitrogen and oxygen atoms in total. The highest BCUT2D eigenvalue weighted by molar-refractivity contribution is 4.93. The molecule has 0 amide bonds. The second-order valence-electron chi connectivity index (χ2n) is 5.23. The molecule has 0 spiro atoms. The van der Waals surface area contributed by atoms with Gasteiger partial charge in [0.15, 0.2) is 6.29 Å². The average molecular weight is 280 g/mol. The van der Waals surface area contributed by atoms with E-state index >= 15 is 0 Å². The Hall–Kier alpha value is -0.550. The van der Waals surface area contributed by atoms with E-state index < -0.39 is 18.4 Å². The zero-order valence-electron chi connectivity index (χ0n) is 11.6. The predicted octanol–water partition coefficient (Wildman–Crippen LogP) is 4.45. The monoisotopic (exact) mass is 280 g/mol. The van der Waals surface area contributed by atoms with E-state index in [1.54, 1.807) is 0 Å². The van der Waals surface area contributed by atoms with Gasteiger partial charge in [0, 0.05) is 6.61 Å². The molecule has 1 heterocycles. The van der Waals surface area contributed by atoms with E-state index in [-0.39, 0.29) is 13.0 Å². The lowest BCUT2D eigenvalue weighted by molar-refractivity contribution is -0.222. The smallest absolute Gasteiger partial charge is 0.353 e. The molecule has 0 N–H and O–H groups in total. The van der Waals surface area contributed by atoms with E-state index in [2.05, 4.69) is 0 Å². The molecule has 2 atom stereocenters. The Morgan fingerprint density at radius 2 is 2.11 bits per heavy atom. The van der Waals surface area contributed by atoms with Crippen LogP contribution in [0.25, 0.3) is 0 Å². The minimum Gasteiger partial charge on any atom is -0.353 e. The molecular weight excluding hydrogens is 257 g/mol. The highest BCUT2D eigenvalue weighted by Crippen LogP contribution is 2.31. The number of allylic oxidation sites excluding steroid dienone is 2. The Kier molecular flexibility index (Phi) is 6.86. The van der Waals surface area contributed by atoms with E-state index in [1.807, 2.05) is 19.9 Å². The van der Waals surface area contributed by atoms with Gasteiger partial charge in [-0.15, -0.1) is 0 Å². The van der Waals surface area contributed by atoms with Crippen LogP contribution in [0.2, 0.25) is 0 Å². The van der Waals surface area contributed by atoms with Crippen LogP contribution in [0.1, 0.15) is 46.0 Å². The standard InChI is InChI=1S/C14H23F3O2/c1-11(2)6-5-7-12(14(15,16)17)10-19-13-8-3-4-9-18-13/h6,12-13H,3-5,7-10H2,1-2H3/t12-,13?/m1/s1. The van der Waals surface area contributed by atoms with Gasteiger partial charge in [-0.2, -0.15) is 13.2 Å². The summed E-state index contributed by atoms with van der Waals surface area (Å²) in [6.45, 7) is 4.05. The molecule has 1 unspecified atom stereocenters. The van der Waals surface area contributed by atoms with Crippen molar-refractivity contribution in [1.82, 2.24) is 0 Å². The summed E-state index contributed by atoms with van der Waals surface area (Å²) in [7, 11) is 0. The summed E-state index contributed by atoms with van der Waals surface area (Å²) in [6, 6.07) is 0. The molecule has 0 aromatic heterocycles. The number of alkyl halides is 3. The van der Waals surface area contributed by atoms with Crippen molar-refractivity contribution in [1.29, 1.82) is 0 Å². The summed E-state index contributed by atoms with van der Waals surface area (Å²) in [5.41, 5.74) is 1.04. The molecule has 112 valence electrons. The molecule has 0 aromatic carbocycles. The van der Waals surface area contributed by atoms with E-state index in [0.717, 1.165) is 18.4 Å². The molecule has 1 aliphatic rings. The van der Waals surface area contributed by atoms with Gasteiger partial charge in [0.25, 0.3) is 0 Å². The maximum atomic E-state index is 12.9. The second-order valence-corrected chi connectivity index (χ2v) is 5.23. The average Bonchev–Trinajstić information content (AvgIpc) is 2.33. The Morgan fingerprint density at radius 3 is 2.63 bits per heavy atom. The molecule has 1 saturated heterocycles. The van der Waals surface area contributed by atoms with E-state index in [0.29, 0.717) is 19.4 Å². The normalized spacial score (nSPS) is 22.1. The van der Waals surface area contributed by atoms with Crippen LogP contribution < -0.4 is 0 Å². The van der Waals surface area contributed by atoms with Gasteiger partial charge in [-0.1, -0.05) is 11.6 Å². The molecule has 0 saturated carbocycles. The van der Waals surface area contributed by atoms with Gasteiger partial charge < -0.3 is 9.47 Å². The minimum absolute atomic E-state index is 0.0708. The van der Waals surface area contributed by atoms with E-state index in [1.165, 1.54) is 0 Å². The van der Waals surface area contributed by atoms with Crippen molar-refractivity contribution in [3.8, 4) is 0 Å². The van der Waals surface area contributed by atoms with Crippen molar-refractivity contribution in [2.75, 3.05) is 13.2 Å². The Bertz CT molecular complexity index is 277. The van der Waals surface area contributed by atoms with Crippen LogP contribution in [-0.4, -0.2) is 25.7 Å². The zero-order valence-corrected chi connectivity index (χ0v) is 11.6. The van der Waals surface area contributed by atoms with E-state index in [4.69, 9.17) is 9.47 Å². The molecule has 1 rings (SSSR count). The Labute approximate surface area is 113 Å². The molecule has 0 aromatic rings. The van der Waals surface area contributed by atoms with Gasteiger partial charge in [-0.3, -0.25) is 0 Å². The topological polar surface area (TPSA) is 18.5 Å². The molecule has 1 fully saturated rings. The third kappa shape index (κ3) is 6.97. The third-order valence-corrected chi connectivity index (χ3v) is 3.15. The van der Waals surface area contributed by atoms with Crippen molar-refractivity contribution in [2.45, 2.75) is 58.4 Å². The maximum absolute atomic E-state index is 12.9. The molecular formula is C14H23F3O2. The lowest BCUT2D eigenvalue weighted by Gasteiger charge is -2.26. The van der Waals surface area contributed by atoms with Gasteiger partial charge in [0.05, 0.1) is 12.5 Å². The number of hydrogen-bond acceptors (Lipinski definition) is 2. The van der Waals surface area contributed by atoms with Crippen LogP contribution in [0.3, 0.4) is 0 Å². The summed E-state index contributed by atoms with van der Waals surface area (Å²) < 4.78 is 49.1. The van der Waals surface area contributed by atoms with Crippen molar-refractivity contribution in [2.24, 2.45) is 5.92 Å². The first-order valence-corrected chi connectivity index (χ1v) is 6.83. The van der Waals surface area contributed by atoms with Gasteiger partial charge in [-0.25, -0.2) is 0 Å². The number of hydrogen-bond donors (Lipinski definition) is 0. The lowest BCUT2D eigenvalue weighted by atomic mass is 10.0. The number of rotatable bonds is 6. The zero-order chi connectivity index (χ0) is 14.3. The van der Waals surface area contributed by atoms with Crippen LogP contribution >= 0.6 is 0 Å². The fourth-order valence-electron chi connectivity index (χ4n) is 1.98. The first kappa shape index (κ1) is 16.5. The summed E-state index contributed by atoms with van der Waals surface area (Å²) >= 11 is 0. The number of ether oxygens (including phenoxy) is 2. The van der Waals surface area contributed by atoms with Crippen molar-refractivity contribution < 1.29 is 22.6 Å². The fourth-order valence-corrected chi connectivity index (χ4v) is 1.98. The highest BCUT2D eigenvalue weighted by atomic mass is 19.4. The van der Waals surface area contributed by atoms with Gasteiger partial charge >= 0.3 is 6.18 Å². The summed E-state index contributed by atoms with van der Waals surface area (Å²) in [6.07, 6.45) is 0.283. The summed E-state index contributed by atoms with van der Waals surface area (Å²) in [5, 5.41) is 0. The maximum Gasteiger partial charge on any atom is 0.394 e. The van der Waals surface area contributed by atoms with Gasteiger partial charge in [-0.05, 0) is 46.0 Å². The second kappa shape index (κ2) is 7.90. The Balaban J connectivity index is 2.38. The predicted molar refractivity (Wildman–Crippen MR) is 67.8 cm³/mol. The van der Waals surface area contributed by atoms with Crippen LogP contribution in [0, 0.1) is 5.92 Å². The molecule has 19 heavy (non-hydrogen) atoms. The minimum atomic E-state index is -4.20. The van der Waals surface area contributed by atoms with Crippen LogP contribution in [-0.2, 0) is 9.47 Å². The molecule has 0 bridgehead atoms. The first-order valence-electron chi connectivity index (χ1n) is 6.83. The molecule has 5 heteroatoms. The van der Waals surface area contributed by atoms with Gasteiger partial charge in [0.2, 0.25) is 0 Å². The quantitative estimate of drug-likeness (QED) is 0.669. The molecule has 0 aliphatic carbocycles. The van der Waals surface area contributed by atoms with Crippen LogP contribution in [0.4, 0.5) is 13.2 Å². The van der Waals surface area contributed by atoms with Crippen LogP contribution in [0.15, 0.2) is 11.6 Å². The van der Waals surface area contributed by atoms with Crippen molar-refractivity contribution in [3.63, 3.8) is 0 Å². The van der Waals surface area contributed by atoms with Crippen LogP contribution in [0.5, 0.6) is 0 Å². The van der Waals surface area contributed by atoms with Crippen molar-refractivity contribution in [3.05, 3.63) is 11.6 Å². The van der Waals surface area contributed by atoms with Crippen molar-refractivity contribution >= 4 is 0 Å².